The van der Waals surface area contributed by atoms with Crippen LogP contribution in [0.1, 0.15) is 31.2 Å². The molecule has 0 unspecified atom stereocenters. The van der Waals surface area contributed by atoms with Gasteiger partial charge in [0.05, 0.1) is 0 Å². The summed E-state index contributed by atoms with van der Waals surface area (Å²) in [7, 11) is 0. The van der Waals surface area contributed by atoms with Gasteiger partial charge in [-0.3, -0.25) is 0 Å². The number of hydrogen-bond acceptors (Lipinski definition) is 1. The smallest absolute Gasteiger partial charge is 0.0293 e. The second-order valence-corrected chi connectivity index (χ2v) is 5.34. The van der Waals surface area contributed by atoms with E-state index in [0.29, 0.717) is 5.92 Å². The third-order valence-corrected chi connectivity index (χ3v) is 3.73. The predicted molar refractivity (Wildman–Crippen MR) is 83.1 cm³/mol. The van der Waals surface area contributed by atoms with Crippen LogP contribution >= 0.6 is 0 Å². The molecule has 0 saturated carbocycles. The van der Waals surface area contributed by atoms with Crippen molar-refractivity contribution in [1.29, 1.82) is 0 Å². The Labute approximate surface area is 116 Å². The Morgan fingerprint density at radius 3 is 2.32 bits per heavy atom. The maximum absolute atomic E-state index is 4.15. The molecular weight excluding hydrogens is 230 g/mol. The minimum atomic E-state index is 0.704. The molecule has 0 atom stereocenters. The first-order chi connectivity index (χ1) is 9.16. The molecule has 1 heteroatoms. The van der Waals surface area contributed by atoms with Crippen molar-refractivity contribution in [1.82, 2.24) is 4.90 Å². The zero-order valence-electron chi connectivity index (χ0n) is 11.8. The van der Waals surface area contributed by atoms with Crippen LogP contribution in [0.2, 0.25) is 0 Å². The average Bonchev–Trinajstić information content (AvgIpc) is 2.46. The molecule has 1 aliphatic rings. The zero-order valence-corrected chi connectivity index (χ0v) is 11.8. The lowest BCUT2D eigenvalue weighted by molar-refractivity contribution is 0.271. The highest BCUT2D eigenvalue weighted by Crippen LogP contribution is 2.29. The van der Waals surface area contributed by atoms with Gasteiger partial charge in [0.15, 0.2) is 0 Å². The lowest BCUT2D eigenvalue weighted by Crippen LogP contribution is -2.31. The molecular formula is C18H23N. The summed E-state index contributed by atoms with van der Waals surface area (Å²) in [4.78, 5) is 2.37. The highest BCUT2D eigenvalue weighted by atomic mass is 15.1. The molecule has 0 spiro atoms. The van der Waals surface area contributed by atoms with Crippen molar-refractivity contribution in [2.24, 2.45) is 0 Å². The minimum Gasteiger partial charge on any atom is -0.372 e. The van der Waals surface area contributed by atoms with E-state index in [0.717, 1.165) is 24.4 Å². The molecule has 0 radical (unpaired) electrons. The second kappa shape index (κ2) is 6.42. The van der Waals surface area contributed by atoms with Gasteiger partial charge in [-0.15, -0.1) is 0 Å². The number of likely N-dealkylation sites (tertiary alicyclic amines) is 1. The van der Waals surface area contributed by atoms with E-state index in [1.54, 1.807) is 0 Å². The molecule has 1 aromatic carbocycles. The van der Waals surface area contributed by atoms with Crippen molar-refractivity contribution in [2.45, 2.75) is 25.7 Å². The van der Waals surface area contributed by atoms with E-state index in [4.69, 9.17) is 0 Å². The maximum atomic E-state index is 4.15. The Balaban J connectivity index is 1.89. The van der Waals surface area contributed by atoms with Gasteiger partial charge in [-0.1, -0.05) is 55.1 Å². The number of rotatable bonds is 4. The summed E-state index contributed by atoms with van der Waals surface area (Å²) < 4.78 is 0. The van der Waals surface area contributed by atoms with Crippen LogP contribution in [0.25, 0.3) is 0 Å². The highest BCUT2D eigenvalue weighted by Gasteiger charge is 2.20. The SMILES string of the molecule is C=C(C)/C=C\C(=C)N1CCC(c2ccccc2)CC1. The van der Waals surface area contributed by atoms with Crippen LogP contribution in [-0.4, -0.2) is 18.0 Å². The van der Waals surface area contributed by atoms with E-state index in [2.05, 4.69) is 54.5 Å². The summed E-state index contributed by atoms with van der Waals surface area (Å²) in [5.41, 5.74) is 3.65. The zero-order chi connectivity index (χ0) is 13.7. The summed E-state index contributed by atoms with van der Waals surface area (Å²) in [6, 6.07) is 10.8. The molecule has 100 valence electrons. The van der Waals surface area contributed by atoms with Crippen molar-refractivity contribution >= 4 is 0 Å². The van der Waals surface area contributed by atoms with Crippen molar-refractivity contribution in [2.75, 3.05) is 13.1 Å². The van der Waals surface area contributed by atoms with Crippen molar-refractivity contribution < 1.29 is 0 Å². The van der Waals surface area contributed by atoms with E-state index in [-0.39, 0.29) is 0 Å². The standard InChI is InChI=1S/C18H23N/c1-15(2)9-10-16(3)19-13-11-18(12-14-19)17-7-5-4-6-8-17/h4-10,18H,1,3,11-14H2,2H3/b10-9-. The number of hydrogen-bond donors (Lipinski definition) is 0. The van der Waals surface area contributed by atoms with E-state index >= 15 is 0 Å². The third-order valence-electron chi connectivity index (χ3n) is 3.73. The molecule has 0 amide bonds. The van der Waals surface area contributed by atoms with Gasteiger partial charge in [-0.05, 0) is 37.3 Å². The van der Waals surface area contributed by atoms with Crippen LogP contribution in [0.3, 0.4) is 0 Å². The second-order valence-electron chi connectivity index (χ2n) is 5.34. The van der Waals surface area contributed by atoms with Crippen LogP contribution in [0.5, 0.6) is 0 Å². The van der Waals surface area contributed by atoms with Gasteiger partial charge in [0.25, 0.3) is 0 Å². The molecule has 1 aromatic rings. The van der Waals surface area contributed by atoms with Crippen molar-refractivity contribution in [3.63, 3.8) is 0 Å². The minimum absolute atomic E-state index is 0.704. The fourth-order valence-corrected chi connectivity index (χ4v) is 2.57. The van der Waals surface area contributed by atoms with E-state index in [1.807, 2.05) is 13.0 Å². The van der Waals surface area contributed by atoms with Crippen LogP contribution in [0, 0.1) is 0 Å². The van der Waals surface area contributed by atoms with Gasteiger partial charge in [0, 0.05) is 18.8 Å². The van der Waals surface area contributed by atoms with Gasteiger partial charge in [-0.2, -0.15) is 0 Å². The molecule has 1 fully saturated rings. The molecule has 0 bridgehead atoms. The van der Waals surface area contributed by atoms with Gasteiger partial charge >= 0.3 is 0 Å². The van der Waals surface area contributed by atoms with E-state index in [1.165, 1.54) is 18.4 Å². The first-order valence-corrected chi connectivity index (χ1v) is 6.99. The molecule has 1 nitrogen and oxygen atoms in total. The quantitative estimate of drug-likeness (QED) is 0.713. The van der Waals surface area contributed by atoms with E-state index in [9.17, 15) is 0 Å². The summed E-state index contributed by atoms with van der Waals surface area (Å²) in [6.07, 6.45) is 6.53. The summed E-state index contributed by atoms with van der Waals surface area (Å²) >= 11 is 0. The fourth-order valence-electron chi connectivity index (χ4n) is 2.57. The lowest BCUT2D eigenvalue weighted by Gasteiger charge is -2.34. The lowest BCUT2D eigenvalue weighted by atomic mass is 9.89. The van der Waals surface area contributed by atoms with E-state index < -0.39 is 0 Å². The summed E-state index contributed by atoms with van der Waals surface area (Å²) in [5, 5.41) is 0. The Morgan fingerprint density at radius 1 is 1.11 bits per heavy atom. The molecule has 2 rings (SSSR count). The number of allylic oxidation sites excluding steroid dienone is 3. The van der Waals surface area contributed by atoms with Crippen molar-refractivity contribution in [3.05, 3.63) is 72.5 Å². The highest BCUT2D eigenvalue weighted by molar-refractivity contribution is 5.24. The van der Waals surface area contributed by atoms with Crippen LogP contribution in [0.4, 0.5) is 0 Å². The Hall–Kier alpha value is -1.76. The number of piperidine rings is 1. The van der Waals surface area contributed by atoms with Crippen LogP contribution in [0.15, 0.2) is 66.9 Å². The predicted octanol–water partition coefficient (Wildman–Crippen LogP) is 4.51. The Kier molecular flexibility index (Phi) is 4.62. The number of benzene rings is 1. The molecule has 0 aliphatic carbocycles. The number of nitrogens with zero attached hydrogens (tertiary/aromatic N) is 1. The molecule has 0 aromatic heterocycles. The Morgan fingerprint density at radius 2 is 1.74 bits per heavy atom. The summed E-state index contributed by atoms with van der Waals surface area (Å²) in [6.45, 7) is 12.2. The Bertz CT molecular complexity index is 462. The maximum Gasteiger partial charge on any atom is 0.0293 e. The van der Waals surface area contributed by atoms with Gasteiger partial charge in [-0.25, -0.2) is 0 Å². The largest absolute Gasteiger partial charge is 0.372 e. The monoisotopic (exact) mass is 253 g/mol. The summed E-state index contributed by atoms with van der Waals surface area (Å²) in [5.74, 6) is 0.704. The molecule has 19 heavy (non-hydrogen) atoms. The van der Waals surface area contributed by atoms with Crippen LogP contribution < -0.4 is 0 Å². The normalized spacial score (nSPS) is 16.8. The van der Waals surface area contributed by atoms with Gasteiger partial charge in [0.1, 0.15) is 0 Å². The first kappa shape index (κ1) is 13.7. The van der Waals surface area contributed by atoms with Crippen molar-refractivity contribution in [3.8, 4) is 0 Å². The fraction of sp³-hybridized carbons (Fsp3) is 0.333. The van der Waals surface area contributed by atoms with Gasteiger partial charge in [0.2, 0.25) is 0 Å². The van der Waals surface area contributed by atoms with Gasteiger partial charge < -0.3 is 4.90 Å². The molecule has 1 heterocycles. The van der Waals surface area contributed by atoms with Crippen LogP contribution in [-0.2, 0) is 0 Å². The molecule has 1 saturated heterocycles. The molecule has 0 N–H and O–H groups in total. The molecule has 1 aliphatic heterocycles. The third kappa shape index (κ3) is 3.85. The first-order valence-electron chi connectivity index (χ1n) is 6.99. The topological polar surface area (TPSA) is 3.24 Å². The average molecular weight is 253 g/mol.